The molecule has 4 nitrogen and oxygen atoms in total. The van der Waals surface area contributed by atoms with E-state index in [-0.39, 0.29) is 11.1 Å². The average molecular weight is 242 g/mol. The monoisotopic (exact) mass is 242 g/mol. The molecule has 17 heavy (non-hydrogen) atoms. The van der Waals surface area contributed by atoms with Gasteiger partial charge in [-0.1, -0.05) is 0 Å². The second-order valence-corrected chi connectivity index (χ2v) is 4.02. The number of halogens is 2. The van der Waals surface area contributed by atoms with Gasteiger partial charge >= 0.3 is 5.76 Å². The van der Waals surface area contributed by atoms with E-state index in [9.17, 15) is 13.6 Å². The Hall–Kier alpha value is -1.69. The molecular formula is C11H12F2N2O2. The van der Waals surface area contributed by atoms with Gasteiger partial charge in [0, 0.05) is 12.6 Å². The van der Waals surface area contributed by atoms with Crippen molar-refractivity contribution >= 4 is 11.1 Å². The van der Waals surface area contributed by atoms with Crippen molar-refractivity contribution < 1.29 is 13.2 Å². The molecule has 0 saturated carbocycles. The van der Waals surface area contributed by atoms with Crippen molar-refractivity contribution in [2.45, 2.75) is 18.9 Å². The molecule has 0 aliphatic carbocycles. The predicted molar refractivity (Wildman–Crippen MR) is 59.0 cm³/mol. The molecular weight excluding hydrogens is 230 g/mol. The minimum absolute atomic E-state index is 0.226. The molecule has 92 valence electrons. The molecule has 1 atom stereocenters. The third-order valence-electron chi connectivity index (χ3n) is 2.75. The number of hydrogen-bond acceptors (Lipinski definition) is 3. The molecule has 0 fully saturated rings. The summed E-state index contributed by atoms with van der Waals surface area (Å²) in [7, 11) is 1.46. The first-order valence-electron chi connectivity index (χ1n) is 5.07. The second-order valence-electron chi connectivity index (χ2n) is 4.02. The maximum Gasteiger partial charge on any atom is 0.419 e. The summed E-state index contributed by atoms with van der Waals surface area (Å²) >= 11 is 0. The summed E-state index contributed by atoms with van der Waals surface area (Å²) in [6, 6.07) is 2.49. The number of aryl methyl sites for hydroxylation is 1. The van der Waals surface area contributed by atoms with Crippen LogP contribution in [0.25, 0.3) is 11.1 Å². The van der Waals surface area contributed by atoms with Crippen molar-refractivity contribution in [3.8, 4) is 0 Å². The van der Waals surface area contributed by atoms with E-state index in [4.69, 9.17) is 10.2 Å². The van der Waals surface area contributed by atoms with Crippen LogP contribution >= 0.6 is 0 Å². The topological polar surface area (TPSA) is 61.2 Å². The minimum atomic E-state index is -3.14. The van der Waals surface area contributed by atoms with Gasteiger partial charge in [-0.3, -0.25) is 4.57 Å². The van der Waals surface area contributed by atoms with E-state index in [0.29, 0.717) is 5.52 Å². The molecule has 0 aliphatic heterocycles. The zero-order valence-electron chi connectivity index (χ0n) is 9.41. The van der Waals surface area contributed by atoms with Crippen LogP contribution in [0, 0.1) is 0 Å². The Kier molecular flexibility index (Phi) is 2.54. The lowest BCUT2D eigenvalue weighted by molar-refractivity contribution is -0.0255. The maximum atomic E-state index is 13.7. The number of oxazole rings is 1. The normalized spacial score (nSPS) is 14.2. The van der Waals surface area contributed by atoms with Gasteiger partial charge in [0.15, 0.2) is 5.58 Å². The molecule has 2 rings (SSSR count). The highest BCUT2D eigenvalue weighted by molar-refractivity contribution is 5.74. The fraction of sp³-hybridized carbons (Fsp3) is 0.364. The van der Waals surface area contributed by atoms with Gasteiger partial charge in [0.05, 0.1) is 11.6 Å². The van der Waals surface area contributed by atoms with E-state index in [1.54, 1.807) is 0 Å². The van der Waals surface area contributed by atoms with Crippen molar-refractivity contribution in [2.75, 3.05) is 0 Å². The van der Waals surface area contributed by atoms with Gasteiger partial charge in [0.1, 0.15) is 0 Å². The van der Waals surface area contributed by atoms with Crippen LogP contribution in [0.1, 0.15) is 12.5 Å². The van der Waals surface area contributed by atoms with Crippen molar-refractivity contribution in [3.05, 3.63) is 34.3 Å². The van der Waals surface area contributed by atoms with Crippen LogP contribution in [-0.4, -0.2) is 10.6 Å². The highest BCUT2D eigenvalue weighted by Crippen LogP contribution is 2.32. The average Bonchev–Trinajstić information content (AvgIpc) is 2.54. The summed E-state index contributed by atoms with van der Waals surface area (Å²) in [5, 5.41) is 0. The summed E-state index contributed by atoms with van der Waals surface area (Å²) in [6.07, 6.45) is 0. The molecule has 0 radical (unpaired) electrons. The first kappa shape index (κ1) is 11.8. The first-order chi connectivity index (χ1) is 7.84. The fourth-order valence-electron chi connectivity index (χ4n) is 1.60. The van der Waals surface area contributed by atoms with E-state index in [1.807, 2.05) is 0 Å². The number of hydrogen-bond donors (Lipinski definition) is 1. The SMILES string of the molecule is CC(N)C(F)(F)c1ccc2oc(=O)n(C)c2c1. The first-order valence-corrected chi connectivity index (χ1v) is 5.07. The van der Waals surface area contributed by atoms with Gasteiger partial charge in [0.25, 0.3) is 5.92 Å². The summed E-state index contributed by atoms with van der Waals surface area (Å²) in [4.78, 5) is 11.2. The van der Waals surface area contributed by atoms with Crippen molar-refractivity contribution in [1.82, 2.24) is 4.57 Å². The smallest absolute Gasteiger partial charge is 0.408 e. The number of benzene rings is 1. The Morgan fingerprint density at radius 2 is 2.12 bits per heavy atom. The van der Waals surface area contributed by atoms with Crippen molar-refractivity contribution in [2.24, 2.45) is 12.8 Å². The standard InChI is InChI=1S/C11H12F2N2O2/c1-6(14)11(12,13)7-3-4-9-8(5-7)15(2)10(16)17-9/h3-6H,14H2,1-2H3. The lowest BCUT2D eigenvalue weighted by Gasteiger charge is -2.20. The van der Waals surface area contributed by atoms with Crippen molar-refractivity contribution in [1.29, 1.82) is 0 Å². The molecule has 1 aromatic carbocycles. The largest absolute Gasteiger partial charge is 0.419 e. The molecule has 0 spiro atoms. The van der Waals surface area contributed by atoms with Crippen LogP contribution in [0.15, 0.2) is 27.4 Å². The third-order valence-corrected chi connectivity index (χ3v) is 2.75. The predicted octanol–water partition coefficient (Wildman–Crippen LogP) is 1.57. The number of rotatable bonds is 2. The van der Waals surface area contributed by atoms with E-state index in [0.717, 1.165) is 0 Å². The Morgan fingerprint density at radius 3 is 2.71 bits per heavy atom. The third kappa shape index (κ3) is 1.74. The Labute approximate surface area is 95.6 Å². The van der Waals surface area contributed by atoms with Gasteiger partial charge in [0.2, 0.25) is 0 Å². The van der Waals surface area contributed by atoms with Gasteiger partial charge < -0.3 is 10.2 Å². The lowest BCUT2D eigenvalue weighted by Crippen LogP contribution is -2.35. The van der Waals surface area contributed by atoms with E-state index in [1.165, 1.54) is 36.7 Å². The van der Waals surface area contributed by atoms with Crippen LogP contribution in [0.3, 0.4) is 0 Å². The van der Waals surface area contributed by atoms with Gasteiger partial charge in [-0.05, 0) is 25.1 Å². The van der Waals surface area contributed by atoms with Crippen LogP contribution in [0.4, 0.5) is 8.78 Å². The van der Waals surface area contributed by atoms with E-state index in [2.05, 4.69) is 0 Å². The molecule has 0 bridgehead atoms. The van der Waals surface area contributed by atoms with Crippen LogP contribution in [-0.2, 0) is 13.0 Å². The molecule has 0 saturated heterocycles. The van der Waals surface area contributed by atoms with Gasteiger partial charge in [-0.25, -0.2) is 4.79 Å². The Bertz CT molecular complexity index is 613. The summed E-state index contributed by atoms with van der Waals surface area (Å²) in [5.74, 6) is -3.72. The number of nitrogens with zero attached hydrogens (tertiary/aromatic N) is 1. The van der Waals surface area contributed by atoms with Crippen LogP contribution in [0.2, 0.25) is 0 Å². The zero-order chi connectivity index (χ0) is 12.8. The van der Waals surface area contributed by atoms with E-state index < -0.39 is 17.7 Å². The number of alkyl halides is 2. The van der Waals surface area contributed by atoms with Crippen molar-refractivity contribution in [3.63, 3.8) is 0 Å². The Balaban J connectivity index is 2.66. The number of fused-ring (bicyclic) bond motifs is 1. The lowest BCUT2D eigenvalue weighted by atomic mass is 10.0. The minimum Gasteiger partial charge on any atom is -0.408 e. The second kappa shape index (κ2) is 3.66. The number of aromatic nitrogens is 1. The van der Waals surface area contributed by atoms with Crippen LogP contribution < -0.4 is 11.5 Å². The summed E-state index contributed by atoms with van der Waals surface area (Å²) < 4.78 is 33.4. The Morgan fingerprint density at radius 1 is 1.47 bits per heavy atom. The summed E-state index contributed by atoms with van der Waals surface area (Å²) in [6.45, 7) is 1.23. The summed E-state index contributed by atoms with van der Waals surface area (Å²) in [5.41, 5.74) is 5.63. The molecule has 2 aromatic rings. The number of nitrogens with two attached hydrogens (primary N) is 1. The molecule has 0 amide bonds. The molecule has 2 N–H and O–H groups in total. The van der Waals surface area contributed by atoms with Crippen LogP contribution in [0.5, 0.6) is 0 Å². The zero-order valence-corrected chi connectivity index (χ0v) is 9.41. The van der Waals surface area contributed by atoms with Gasteiger partial charge in [-0.2, -0.15) is 8.78 Å². The highest BCUT2D eigenvalue weighted by atomic mass is 19.3. The molecule has 1 heterocycles. The molecule has 1 aromatic heterocycles. The fourth-order valence-corrected chi connectivity index (χ4v) is 1.60. The highest BCUT2D eigenvalue weighted by Gasteiger charge is 2.36. The molecule has 6 heteroatoms. The quantitative estimate of drug-likeness (QED) is 0.869. The van der Waals surface area contributed by atoms with Gasteiger partial charge in [-0.15, -0.1) is 0 Å². The maximum absolute atomic E-state index is 13.7. The molecule has 1 unspecified atom stereocenters. The van der Waals surface area contributed by atoms with E-state index >= 15 is 0 Å². The molecule has 0 aliphatic rings.